The summed E-state index contributed by atoms with van der Waals surface area (Å²) in [5, 5.41) is 20.0. The Morgan fingerprint density at radius 3 is 2.53 bits per heavy atom. The van der Waals surface area contributed by atoms with Crippen molar-refractivity contribution in [1.82, 2.24) is 0 Å². The molecule has 3 N–H and O–H groups in total. The van der Waals surface area contributed by atoms with Gasteiger partial charge in [0.15, 0.2) is 0 Å². The zero-order valence-electron chi connectivity index (χ0n) is 8.63. The third-order valence-corrected chi connectivity index (χ3v) is 2.26. The molecule has 3 nitrogen and oxygen atoms in total. The van der Waals surface area contributed by atoms with Gasteiger partial charge in [-0.05, 0) is 18.2 Å². The SMILES string of the molecule is OCC(O)CNc1ccc(Cl)cc1C(F)(F)F. The Morgan fingerprint density at radius 1 is 1.35 bits per heavy atom. The summed E-state index contributed by atoms with van der Waals surface area (Å²) in [4.78, 5) is 0. The predicted octanol–water partition coefficient (Wildman–Crippen LogP) is 2.12. The Hall–Kier alpha value is -0.980. The number of anilines is 1. The van der Waals surface area contributed by atoms with Crippen LogP contribution >= 0.6 is 11.6 Å². The molecule has 0 saturated carbocycles. The van der Waals surface area contributed by atoms with E-state index in [0.29, 0.717) is 0 Å². The van der Waals surface area contributed by atoms with Crippen LogP contribution in [0.5, 0.6) is 0 Å². The largest absolute Gasteiger partial charge is 0.418 e. The van der Waals surface area contributed by atoms with Gasteiger partial charge in [0, 0.05) is 17.3 Å². The van der Waals surface area contributed by atoms with Crippen molar-refractivity contribution >= 4 is 17.3 Å². The summed E-state index contributed by atoms with van der Waals surface area (Å²) in [5.41, 5.74) is -1.09. The van der Waals surface area contributed by atoms with Crippen LogP contribution in [0.1, 0.15) is 5.56 Å². The number of nitrogens with one attached hydrogen (secondary N) is 1. The molecule has 0 aliphatic rings. The van der Waals surface area contributed by atoms with Crippen LogP contribution in [0.3, 0.4) is 0 Å². The third kappa shape index (κ3) is 4.07. The molecule has 1 rings (SSSR count). The highest BCUT2D eigenvalue weighted by atomic mass is 35.5. The fourth-order valence-electron chi connectivity index (χ4n) is 1.20. The fraction of sp³-hybridized carbons (Fsp3) is 0.400. The number of halogens is 4. The highest BCUT2D eigenvalue weighted by molar-refractivity contribution is 6.30. The quantitative estimate of drug-likeness (QED) is 0.785. The van der Waals surface area contributed by atoms with Gasteiger partial charge in [-0.1, -0.05) is 11.6 Å². The molecule has 0 amide bonds. The van der Waals surface area contributed by atoms with Gasteiger partial charge in [0.25, 0.3) is 0 Å². The number of alkyl halides is 3. The summed E-state index contributed by atoms with van der Waals surface area (Å²) < 4.78 is 37.9. The number of hydrogen-bond donors (Lipinski definition) is 3. The maximum absolute atomic E-state index is 12.6. The van der Waals surface area contributed by atoms with Crippen LogP contribution in [-0.4, -0.2) is 29.5 Å². The number of rotatable bonds is 4. The zero-order valence-corrected chi connectivity index (χ0v) is 9.39. The Balaban J connectivity index is 2.91. The summed E-state index contributed by atoms with van der Waals surface area (Å²) in [5.74, 6) is 0. The predicted molar refractivity (Wildman–Crippen MR) is 58.0 cm³/mol. The highest BCUT2D eigenvalue weighted by Gasteiger charge is 2.33. The summed E-state index contributed by atoms with van der Waals surface area (Å²) in [6, 6.07) is 3.29. The normalized spacial score (nSPS) is 13.5. The molecule has 1 atom stereocenters. The molecule has 0 radical (unpaired) electrons. The lowest BCUT2D eigenvalue weighted by molar-refractivity contribution is -0.137. The minimum Gasteiger partial charge on any atom is -0.394 e. The van der Waals surface area contributed by atoms with Gasteiger partial charge in [0.05, 0.1) is 18.3 Å². The van der Waals surface area contributed by atoms with Crippen molar-refractivity contribution < 1.29 is 23.4 Å². The van der Waals surface area contributed by atoms with Crippen LogP contribution in [0.2, 0.25) is 5.02 Å². The van der Waals surface area contributed by atoms with Gasteiger partial charge in [-0.15, -0.1) is 0 Å². The van der Waals surface area contributed by atoms with Gasteiger partial charge in [-0.2, -0.15) is 13.2 Å². The highest BCUT2D eigenvalue weighted by Crippen LogP contribution is 2.36. The van der Waals surface area contributed by atoms with E-state index in [4.69, 9.17) is 21.8 Å². The van der Waals surface area contributed by atoms with Crippen LogP contribution in [0.25, 0.3) is 0 Å². The van der Waals surface area contributed by atoms with Crippen LogP contribution in [0, 0.1) is 0 Å². The Morgan fingerprint density at radius 2 is 2.00 bits per heavy atom. The van der Waals surface area contributed by atoms with Gasteiger partial charge in [-0.25, -0.2) is 0 Å². The number of benzene rings is 1. The molecule has 0 aromatic heterocycles. The Kier molecular flexibility index (Phi) is 4.62. The lowest BCUT2D eigenvalue weighted by Gasteiger charge is -2.16. The van der Waals surface area contributed by atoms with E-state index in [1.54, 1.807) is 0 Å². The number of aliphatic hydroxyl groups is 2. The third-order valence-electron chi connectivity index (χ3n) is 2.03. The summed E-state index contributed by atoms with van der Waals surface area (Å²) in [7, 11) is 0. The van der Waals surface area contributed by atoms with Gasteiger partial charge in [0.1, 0.15) is 0 Å². The van der Waals surface area contributed by atoms with E-state index < -0.39 is 24.5 Å². The van der Waals surface area contributed by atoms with Crippen LogP contribution < -0.4 is 5.32 Å². The summed E-state index contributed by atoms with van der Waals surface area (Å²) in [6.45, 7) is -0.705. The molecular formula is C10H11ClF3NO2. The van der Waals surface area contributed by atoms with Crippen LogP contribution in [0.4, 0.5) is 18.9 Å². The molecule has 7 heteroatoms. The fourth-order valence-corrected chi connectivity index (χ4v) is 1.37. The second-order valence-electron chi connectivity index (χ2n) is 3.40. The maximum atomic E-state index is 12.6. The van der Waals surface area contributed by atoms with E-state index in [0.717, 1.165) is 6.07 Å². The molecular weight excluding hydrogens is 259 g/mol. The molecule has 96 valence electrons. The van der Waals surface area contributed by atoms with Crippen molar-refractivity contribution in [3.63, 3.8) is 0 Å². The van der Waals surface area contributed by atoms with Gasteiger partial charge >= 0.3 is 6.18 Å². The lowest BCUT2D eigenvalue weighted by Crippen LogP contribution is -2.24. The number of hydrogen-bond acceptors (Lipinski definition) is 3. The average Bonchev–Trinajstić information content (AvgIpc) is 2.25. The molecule has 0 saturated heterocycles. The smallest absolute Gasteiger partial charge is 0.394 e. The van der Waals surface area contributed by atoms with Crippen molar-refractivity contribution in [2.24, 2.45) is 0 Å². The number of aliphatic hydroxyl groups excluding tert-OH is 2. The summed E-state index contributed by atoms with van der Waals surface area (Å²) >= 11 is 5.50. The average molecular weight is 270 g/mol. The Labute approximate surface area is 101 Å². The molecule has 0 aliphatic heterocycles. The van der Waals surface area contributed by atoms with Crippen molar-refractivity contribution in [3.8, 4) is 0 Å². The van der Waals surface area contributed by atoms with E-state index in [9.17, 15) is 13.2 Å². The van der Waals surface area contributed by atoms with E-state index in [2.05, 4.69) is 5.32 Å². The summed E-state index contributed by atoms with van der Waals surface area (Å²) in [6.07, 6.45) is -5.65. The molecule has 17 heavy (non-hydrogen) atoms. The topological polar surface area (TPSA) is 52.5 Å². The molecule has 1 unspecified atom stereocenters. The Bertz CT molecular complexity index is 384. The van der Waals surface area contributed by atoms with Crippen molar-refractivity contribution in [1.29, 1.82) is 0 Å². The second-order valence-corrected chi connectivity index (χ2v) is 3.84. The standard InChI is InChI=1S/C10H11ClF3NO2/c11-6-1-2-9(15-4-7(17)5-16)8(3-6)10(12,13)14/h1-3,7,15-17H,4-5H2. The molecule has 0 spiro atoms. The van der Waals surface area contributed by atoms with Crippen molar-refractivity contribution in [3.05, 3.63) is 28.8 Å². The van der Waals surface area contributed by atoms with Gasteiger partial charge < -0.3 is 15.5 Å². The van der Waals surface area contributed by atoms with E-state index in [1.807, 2.05) is 0 Å². The second kappa shape index (κ2) is 5.57. The molecule has 0 heterocycles. The monoisotopic (exact) mass is 269 g/mol. The molecule has 0 fully saturated rings. The molecule has 0 bridgehead atoms. The first kappa shape index (κ1) is 14.1. The minimum absolute atomic E-state index is 0.0226. The first-order chi connectivity index (χ1) is 7.84. The van der Waals surface area contributed by atoms with E-state index >= 15 is 0 Å². The first-order valence-corrected chi connectivity index (χ1v) is 5.12. The van der Waals surface area contributed by atoms with Crippen molar-refractivity contribution in [2.45, 2.75) is 12.3 Å². The molecule has 0 aliphatic carbocycles. The molecule has 1 aromatic carbocycles. The first-order valence-electron chi connectivity index (χ1n) is 4.74. The lowest BCUT2D eigenvalue weighted by atomic mass is 10.1. The minimum atomic E-state index is -4.53. The van der Waals surface area contributed by atoms with Gasteiger partial charge in [-0.3, -0.25) is 0 Å². The maximum Gasteiger partial charge on any atom is 0.418 e. The van der Waals surface area contributed by atoms with E-state index in [-0.39, 0.29) is 17.3 Å². The zero-order chi connectivity index (χ0) is 13.1. The van der Waals surface area contributed by atoms with Gasteiger partial charge in [0.2, 0.25) is 0 Å². The van der Waals surface area contributed by atoms with Crippen LogP contribution in [0.15, 0.2) is 18.2 Å². The van der Waals surface area contributed by atoms with Crippen LogP contribution in [-0.2, 0) is 6.18 Å². The van der Waals surface area contributed by atoms with E-state index in [1.165, 1.54) is 12.1 Å². The molecule has 1 aromatic rings. The van der Waals surface area contributed by atoms with Crippen molar-refractivity contribution in [2.75, 3.05) is 18.5 Å².